The number of para-hydroxylation sites is 1. The Morgan fingerprint density at radius 3 is 2.67 bits per heavy atom. The van der Waals surface area contributed by atoms with Gasteiger partial charge in [0, 0.05) is 18.7 Å². The van der Waals surface area contributed by atoms with E-state index in [1.807, 2.05) is 29.2 Å². The number of methoxy groups -OCH3 is 2. The first-order chi connectivity index (χ1) is 13.2. The number of benzene rings is 1. The number of carbonyl (C=O) groups is 1. The van der Waals surface area contributed by atoms with E-state index in [1.165, 1.54) is 7.11 Å². The number of amides is 1. The highest BCUT2D eigenvalue weighted by molar-refractivity contribution is 5.79. The molecule has 1 aromatic carbocycles. The highest BCUT2D eigenvalue weighted by Gasteiger charge is 2.17. The molecule has 3 rings (SSSR count). The van der Waals surface area contributed by atoms with Gasteiger partial charge in [0.1, 0.15) is 5.75 Å². The Labute approximate surface area is 157 Å². The smallest absolute Gasteiger partial charge is 0.321 e. The molecule has 1 N–H and O–H groups in total. The Kier molecular flexibility index (Phi) is 6.37. The Hall–Kier alpha value is -2.94. The lowest BCUT2D eigenvalue weighted by Crippen LogP contribution is -2.37. The molecule has 9 nitrogen and oxygen atoms in total. The van der Waals surface area contributed by atoms with Gasteiger partial charge in [-0.1, -0.05) is 18.2 Å². The lowest BCUT2D eigenvalue weighted by Gasteiger charge is -2.26. The summed E-state index contributed by atoms with van der Waals surface area (Å²) in [4.78, 5) is 27.3. The highest BCUT2D eigenvalue weighted by Crippen LogP contribution is 2.18. The summed E-state index contributed by atoms with van der Waals surface area (Å²) in [5.41, 5.74) is 0.819. The van der Waals surface area contributed by atoms with Gasteiger partial charge < -0.3 is 24.4 Å². The molecule has 0 radical (unpaired) electrons. The number of hydrogen-bond acceptors (Lipinski definition) is 8. The van der Waals surface area contributed by atoms with Crippen LogP contribution in [0.25, 0.3) is 0 Å². The first kappa shape index (κ1) is 18.8. The number of nitrogens with zero attached hydrogens (tertiary/aromatic N) is 4. The summed E-state index contributed by atoms with van der Waals surface area (Å²) in [6.07, 6.45) is 0.211. The van der Waals surface area contributed by atoms with Gasteiger partial charge in [-0.05, 0) is 6.07 Å². The van der Waals surface area contributed by atoms with Gasteiger partial charge >= 0.3 is 6.01 Å². The second kappa shape index (κ2) is 9.13. The Morgan fingerprint density at radius 2 is 1.93 bits per heavy atom. The third-order valence-electron chi connectivity index (χ3n) is 4.11. The third kappa shape index (κ3) is 5.04. The van der Waals surface area contributed by atoms with Gasteiger partial charge in [0.05, 0.1) is 40.4 Å². The minimum atomic E-state index is -0.146. The number of ether oxygens (including phenoxy) is 3. The van der Waals surface area contributed by atoms with E-state index in [0.29, 0.717) is 43.8 Å². The fraction of sp³-hybridized carbons (Fsp3) is 0.444. The molecule has 0 spiro atoms. The molecule has 144 valence electrons. The zero-order chi connectivity index (χ0) is 19.1. The van der Waals surface area contributed by atoms with Crippen molar-refractivity contribution >= 4 is 11.9 Å². The molecule has 1 aliphatic heterocycles. The molecule has 0 saturated carbocycles. The second-order valence-corrected chi connectivity index (χ2v) is 5.90. The Bertz CT molecular complexity index is 780. The van der Waals surface area contributed by atoms with Gasteiger partial charge in [0.15, 0.2) is 5.82 Å². The monoisotopic (exact) mass is 373 g/mol. The van der Waals surface area contributed by atoms with Crippen molar-refractivity contribution in [2.45, 2.75) is 13.0 Å². The normalized spacial score (nSPS) is 13.9. The topological polar surface area (TPSA) is 98.7 Å². The van der Waals surface area contributed by atoms with Crippen molar-refractivity contribution in [1.82, 2.24) is 20.3 Å². The molecular weight excluding hydrogens is 350 g/mol. The second-order valence-electron chi connectivity index (χ2n) is 5.90. The van der Waals surface area contributed by atoms with Crippen LogP contribution in [0.4, 0.5) is 5.95 Å². The number of morpholine rings is 1. The predicted octanol–water partition coefficient (Wildman–Crippen LogP) is 0.584. The van der Waals surface area contributed by atoms with Crippen molar-refractivity contribution in [3.8, 4) is 11.8 Å². The molecule has 1 aliphatic rings. The van der Waals surface area contributed by atoms with E-state index < -0.39 is 0 Å². The summed E-state index contributed by atoms with van der Waals surface area (Å²) in [7, 11) is 3.09. The van der Waals surface area contributed by atoms with Gasteiger partial charge in [0.25, 0.3) is 0 Å². The van der Waals surface area contributed by atoms with Crippen LogP contribution in [0.15, 0.2) is 24.3 Å². The van der Waals surface area contributed by atoms with Crippen LogP contribution >= 0.6 is 0 Å². The third-order valence-corrected chi connectivity index (χ3v) is 4.11. The quantitative estimate of drug-likeness (QED) is 0.753. The van der Waals surface area contributed by atoms with Gasteiger partial charge in [0.2, 0.25) is 11.9 Å². The molecule has 0 bridgehead atoms. The zero-order valence-corrected chi connectivity index (χ0v) is 15.5. The van der Waals surface area contributed by atoms with Crippen molar-refractivity contribution in [3.63, 3.8) is 0 Å². The summed E-state index contributed by atoms with van der Waals surface area (Å²) in [5.74, 6) is 1.51. The number of rotatable bonds is 7. The molecule has 1 saturated heterocycles. The SMILES string of the molecule is COc1nc(CNC(=O)Cc2ccccc2OC)nc(N2CCOCC2)n1. The van der Waals surface area contributed by atoms with Crippen LogP contribution < -0.4 is 19.7 Å². The maximum atomic E-state index is 12.3. The summed E-state index contributed by atoms with van der Waals surface area (Å²) in [5, 5.41) is 2.83. The maximum Gasteiger partial charge on any atom is 0.321 e. The summed E-state index contributed by atoms with van der Waals surface area (Å²) in [6, 6.07) is 7.65. The molecule has 0 atom stereocenters. The van der Waals surface area contributed by atoms with Gasteiger partial charge in [-0.2, -0.15) is 15.0 Å². The highest BCUT2D eigenvalue weighted by atomic mass is 16.5. The maximum absolute atomic E-state index is 12.3. The molecule has 0 aliphatic carbocycles. The van der Waals surface area contributed by atoms with E-state index in [4.69, 9.17) is 14.2 Å². The minimum Gasteiger partial charge on any atom is -0.496 e. The fourth-order valence-corrected chi connectivity index (χ4v) is 2.72. The number of anilines is 1. The first-order valence-electron chi connectivity index (χ1n) is 8.70. The molecule has 1 fully saturated rings. The summed E-state index contributed by atoms with van der Waals surface area (Å²) in [6.45, 7) is 2.84. The van der Waals surface area contributed by atoms with E-state index in [9.17, 15) is 4.79 Å². The van der Waals surface area contributed by atoms with Crippen LogP contribution in [0.1, 0.15) is 11.4 Å². The van der Waals surface area contributed by atoms with Crippen molar-refractivity contribution in [2.24, 2.45) is 0 Å². The Balaban J connectivity index is 1.65. The predicted molar refractivity (Wildman–Crippen MR) is 98.0 cm³/mol. The van der Waals surface area contributed by atoms with Crippen LogP contribution in [0.2, 0.25) is 0 Å². The van der Waals surface area contributed by atoms with E-state index in [1.54, 1.807) is 7.11 Å². The van der Waals surface area contributed by atoms with Crippen molar-refractivity contribution in [1.29, 1.82) is 0 Å². The van der Waals surface area contributed by atoms with E-state index in [0.717, 1.165) is 5.56 Å². The Morgan fingerprint density at radius 1 is 1.15 bits per heavy atom. The van der Waals surface area contributed by atoms with Crippen LogP contribution in [0.3, 0.4) is 0 Å². The van der Waals surface area contributed by atoms with Crippen molar-refractivity contribution < 1.29 is 19.0 Å². The molecule has 27 heavy (non-hydrogen) atoms. The summed E-state index contributed by atoms with van der Waals surface area (Å²) >= 11 is 0. The number of carbonyl (C=O) groups excluding carboxylic acids is 1. The minimum absolute atomic E-state index is 0.146. The average molecular weight is 373 g/mol. The van der Waals surface area contributed by atoms with Gasteiger partial charge in [-0.15, -0.1) is 0 Å². The molecular formula is C18H23N5O4. The first-order valence-corrected chi connectivity index (χ1v) is 8.70. The summed E-state index contributed by atoms with van der Waals surface area (Å²) < 4.78 is 15.8. The molecule has 0 unspecified atom stereocenters. The van der Waals surface area contributed by atoms with Gasteiger partial charge in [-0.25, -0.2) is 0 Å². The van der Waals surface area contributed by atoms with Crippen molar-refractivity contribution in [2.75, 3.05) is 45.4 Å². The molecule has 1 amide bonds. The van der Waals surface area contributed by atoms with Crippen LogP contribution in [0, 0.1) is 0 Å². The average Bonchev–Trinajstić information content (AvgIpc) is 2.73. The standard InChI is InChI=1S/C18H23N5O4/c1-25-14-6-4-3-5-13(14)11-16(24)19-12-15-20-17(22-18(21-15)26-2)23-7-9-27-10-8-23/h3-6H,7-12H2,1-2H3,(H,19,24). The zero-order valence-electron chi connectivity index (χ0n) is 15.5. The molecule has 2 aromatic rings. The number of aromatic nitrogens is 3. The van der Waals surface area contributed by atoms with Crippen LogP contribution in [0.5, 0.6) is 11.8 Å². The van der Waals surface area contributed by atoms with Crippen molar-refractivity contribution in [3.05, 3.63) is 35.7 Å². The fourth-order valence-electron chi connectivity index (χ4n) is 2.72. The lowest BCUT2D eigenvalue weighted by atomic mass is 10.1. The van der Waals surface area contributed by atoms with E-state index in [-0.39, 0.29) is 24.9 Å². The van der Waals surface area contributed by atoms with Crippen LogP contribution in [-0.4, -0.2) is 61.4 Å². The lowest BCUT2D eigenvalue weighted by molar-refractivity contribution is -0.120. The molecule has 1 aromatic heterocycles. The molecule has 9 heteroatoms. The largest absolute Gasteiger partial charge is 0.496 e. The van der Waals surface area contributed by atoms with Crippen LogP contribution in [-0.2, 0) is 22.5 Å². The van der Waals surface area contributed by atoms with E-state index in [2.05, 4.69) is 20.3 Å². The van der Waals surface area contributed by atoms with E-state index >= 15 is 0 Å². The van der Waals surface area contributed by atoms with Gasteiger partial charge in [-0.3, -0.25) is 4.79 Å². The molecule has 2 heterocycles. The number of nitrogens with one attached hydrogen (secondary N) is 1. The number of hydrogen-bond donors (Lipinski definition) is 1.